The van der Waals surface area contributed by atoms with Crippen molar-refractivity contribution in [3.05, 3.63) is 21.0 Å². The Labute approximate surface area is 125 Å². The Morgan fingerprint density at radius 2 is 2.11 bits per heavy atom. The summed E-state index contributed by atoms with van der Waals surface area (Å²) in [5.74, 6) is 0.931. The van der Waals surface area contributed by atoms with Crippen molar-refractivity contribution >= 4 is 31.9 Å². The van der Waals surface area contributed by atoms with E-state index in [-0.39, 0.29) is 6.04 Å². The summed E-state index contributed by atoms with van der Waals surface area (Å²) in [6, 6.07) is 2.18. The molecule has 1 unspecified atom stereocenters. The van der Waals surface area contributed by atoms with Gasteiger partial charge in [-0.15, -0.1) is 0 Å². The Kier molecular flexibility index (Phi) is 5.26. The van der Waals surface area contributed by atoms with E-state index in [2.05, 4.69) is 48.7 Å². The average molecular weight is 381 g/mol. The maximum atomic E-state index is 5.93. The van der Waals surface area contributed by atoms with Crippen molar-refractivity contribution in [3.63, 3.8) is 0 Å². The summed E-state index contributed by atoms with van der Waals surface area (Å²) in [4.78, 5) is 4.78. The largest absolute Gasteiger partial charge is 0.451 e. The van der Waals surface area contributed by atoms with E-state index in [4.69, 9.17) is 10.2 Å². The highest BCUT2D eigenvalue weighted by Crippen LogP contribution is 2.32. The van der Waals surface area contributed by atoms with E-state index in [0.717, 1.165) is 41.1 Å². The number of nitrogens with two attached hydrogens (primary N) is 1. The van der Waals surface area contributed by atoms with Gasteiger partial charge in [-0.1, -0.05) is 0 Å². The van der Waals surface area contributed by atoms with Gasteiger partial charge in [0, 0.05) is 26.2 Å². The molecular weight excluding hydrogens is 362 g/mol. The second kappa shape index (κ2) is 6.52. The predicted octanol–water partition coefficient (Wildman–Crippen LogP) is 2.44. The highest BCUT2D eigenvalue weighted by atomic mass is 79.9. The Hall–Kier alpha value is 0.120. The summed E-state index contributed by atoms with van der Waals surface area (Å²) in [6.07, 6.45) is 1.18. The van der Waals surface area contributed by atoms with Crippen LogP contribution in [0.1, 0.15) is 18.2 Å². The molecule has 1 aliphatic heterocycles. The molecule has 2 rings (SSSR count). The molecule has 18 heavy (non-hydrogen) atoms. The SMILES string of the molecule is CN1CCCN(C(CN)c2cc(Br)c(Br)o2)CC1. The molecule has 2 N–H and O–H groups in total. The third-order valence-corrected chi connectivity index (χ3v) is 5.12. The summed E-state index contributed by atoms with van der Waals surface area (Å²) >= 11 is 6.84. The third-order valence-electron chi connectivity index (χ3n) is 3.41. The first-order valence-corrected chi connectivity index (χ1v) is 7.78. The molecule has 1 aromatic rings. The molecular formula is C12H19Br2N3O. The Bertz CT molecular complexity index is 377. The zero-order chi connectivity index (χ0) is 13.1. The lowest BCUT2D eigenvalue weighted by Gasteiger charge is -2.27. The van der Waals surface area contributed by atoms with Gasteiger partial charge in [-0.25, -0.2) is 0 Å². The van der Waals surface area contributed by atoms with Gasteiger partial charge >= 0.3 is 0 Å². The van der Waals surface area contributed by atoms with Crippen molar-refractivity contribution in [1.82, 2.24) is 9.80 Å². The second-order valence-corrected chi connectivity index (χ2v) is 6.29. The fourth-order valence-corrected chi connectivity index (χ4v) is 2.96. The number of likely N-dealkylation sites (N-methyl/N-ethyl adjacent to an activating group) is 1. The van der Waals surface area contributed by atoms with Crippen molar-refractivity contribution in [1.29, 1.82) is 0 Å². The van der Waals surface area contributed by atoms with Crippen molar-refractivity contribution in [2.24, 2.45) is 5.73 Å². The van der Waals surface area contributed by atoms with Crippen LogP contribution in [0.2, 0.25) is 0 Å². The van der Waals surface area contributed by atoms with Crippen LogP contribution in [-0.2, 0) is 0 Å². The quantitative estimate of drug-likeness (QED) is 0.874. The summed E-state index contributed by atoms with van der Waals surface area (Å²) in [7, 11) is 2.17. The van der Waals surface area contributed by atoms with Crippen LogP contribution >= 0.6 is 31.9 Å². The van der Waals surface area contributed by atoms with E-state index < -0.39 is 0 Å². The van der Waals surface area contributed by atoms with Gasteiger partial charge in [0.15, 0.2) is 4.67 Å². The normalized spacial score (nSPS) is 20.9. The zero-order valence-corrected chi connectivity index (χ0v) is 13.7. The number of hydrogen-bond acceptors (Lipinski definition) is 4. The molecule has 0 bridgehead atoms. The summed E-state index contributed by atoms with van der Waals surface area (Å²) in [6.45, 7) is 4.92. The van der Waals surface area contributed by atoms with E-state index in [0.29, 0.717) is 6.54 Å². The second-order valence-electron chi connectivity index (χ2n) is 4.71. The number of halogens is 2. The molecule has 4 nitrogen and oxygen atoms in total. The first-order valence-electron chi connectivity index (χ1n) is 6.19. The smallest absolute Gasteiger partial charge is 0.183 e. The molecule has 0 radical (unpaired) electrons. The first kappa shape index (κ1) is 14.5. The minimum Gasteiger partial charge on any atom is -0.451 e. The highest BCUT2D eigenvalue weighted by molar-refractivity contribution is 9.13. The molecule has 0 saturated carbocycles. The first-order chi connectivity index (χ1) is 8.61. The summed E-state index contributed by atoms with van der Waals surface area (Å²) in [5.41, 5.74) is 5.93. The van der Waals surface area contributed by atoms with Crippen molar-refractivity contribution in [2.45, 2.75) is 12.5 Å². The molecule has 1 saturated heterocycles. The lowest BCUT2D eigenvalue weighted by atomic mass is 10.2. The van der Waals surface area contributed by atoms with Gasteiger partial charge in [-0.2, -0.15) is 0 Å². The van der Waals surface area contributed by atoms with Crippen LogP contribution in [0.25, 0.3) is 0 Å². The van der Waals surface area contributed by atoms with E-state index in [9.17, 15) is 0 Å². The van der Waals surface area contributed by atoms with Crippen LogP contribution in [-0.4, -0.2) is 49.6 Å². The van der Waals surface area contributed by atoms with Gasteiger partial charge in [0.2, 0.25) is 0 Å². The lowest BCUT2D eigenvalue weighted by molar-refractivity contribution is 0.184. The topological polar surface area (TPSA) is 45.6 Å². The summed E-state index contributed by atoms with van der Waals surface area (Å²) in [5, 5.41) is 0. The number of furan rings is 1. The molecule has 1 aromatic heterocycles. The molecule has 0 amide bonds. The van der Waals surface area contributed by atoms with Crippen LogP contribution in [0.3, 0.4) is 0 Å². The molecule has 102 valence electrons. The minimum atomic E-state index is 0.166. The van der Waals surface area contributed by atoms with Gasteiger partial charge in [0.05, 0.1) is 10.5 Å². The van der Waals surface area contributed by atoms with E-state index >= 15 is 0 Å². The number of hydrogen-bond donors (Lipinski definition) is 1. The standard InChI is InChI=1S/C12H19Br2N3O/c1-16-3-2-4-17(6-5-16)10(8-15)11-7-9(13)12(14)18-11/h7,10H,2-6,8,15H2,1H3. The highest BCUT2D eigenvalue weighted by Gasteiger charge is 2.24. The third kappa shape index (κ3) is 3.36. The molecule has 6 heteroatoms. The van der Waals surface area contributed by atoms with Crippen LogP contribution in [0.5, 0.6) is 0 Å². The lowest BCUT2D eigenvalue weighted by Crippen LogP contribution is -2.36. The fraction of sp³-hybridized carbons (Fsp3) is 0.667. The van der Waals surface area contributed by atoms with Crippen LogP contribution in [0, 0.1) is 0 Å². The predicted molar refractivity (Wildman–Crippen MR) is 79.6 cm³/mol. The number of nitrogens with zero attached hydrogens (tertiary/aromatic N) is 2. The number of rotatable bonds is 3. The maximum Gasteiger partial charge on any atom is 0.183 e. The van der Waals surface area contributed by atoms with Gasteiger partial charge in [0.1, 0.15) is 5.76 Å². The Morgan fingerprint density at radius 3 is 2.72 bits per heavy atom. The van der Waals surface area contributed by atoms with E-state index in [1.165, 1.54) is 6.42 Å². The van der Waals surface area contributed by atoms with Gasteiger partial charge in [-0.3, -0.25) is 4.90 Å². The van der Waals surface area contributed by atoms with Crippen LogP contribution in [0.15, 0.2) is 19.6 Å². The van der Waals surface area contributed by atoms with Gasteiger partial charge < -0.3 is 15.1 Å². The van der Waals surface area contributed by atoms with E-state index in [1.54, 1.807) is 0 Å². The average Bonchev–Trinajstić information content (AvgIpc) is 2.53. The summed E-state index contributed by atoms with van der Waals surface area (Å²) < 4.78 is 7.41. The van der Waals surface area contributed by atoms with Crippen molar-refractivity contribution in [3.8, 4) is 0 Å². The van der Waals surface area contributed by atoms with Crippen molar-refractivity contribution in [2.75, 3.05) is 39.8 Å². The van der Waals surface area contributed by atoms with Crippen LogP contribution in [0.4, 0.5) is 0 Å². The molecule has 0 aliphatic carbocycles. The minimum absolute atomic E-state index is 0.166. The molecule has 0 spiro atoms. The monoisotopic (exact) mass is 379 g/mol. The Morgan fingerprint density at radius 1 is 1.33 bits per heavy atom. The molecule has 1 aliphatic rings. The molecule has 0 aromatic carbocycles. The van der Waals surface area contributed by atoms with Gasteiger partial charge in [-0.05, 0) is 57.9 Å². The van der Waals surface area contributed by atoms with Crippen molar-refractivity contribution < 1.29 is 4.42 Å². The molecule has 1 atom stereocenters. The Balaban J connectivity index is 2.12. The van der Waals surface area contributed by atoms with Gasteiger partial charge in [0.25, 0.3) is 0 Å². The van der Waals surface area contributed by atoms with Crippen LogP contribution < -0.4 is 5.73 Å². The zero-order valence-electron chi connectivity index (χ0n) is 10.5. The molecule has 2 heterocycles. The van der Waals surface area contributed by atoms with E-state index in [1.807, 2.05) is 6.07 Å². The maximum absolute atomic E-state index is 5.93. The molecule has 1 fully saturated rings. The fourth-order valence-electron chi connectivity index (χ4n) is 2.35.